The van der Waals surface area contributed by atoms with E-state index < -0.39 is 5.97 Å². The number of nitrogens with two attached hydrogens (primary N) is 1. The van der Waals surface area contributed by atoms with Gasteiger partial charge in [-0.05, 0) is 221 Å². The lowest BCUT2D eigenvalue weighted by Gasteiger charge is -2.58. The summed E-state index contributed by atoms with van der Waals surface area (Å²) in [4.78, 5) is 23.8. The number of carbonyl (C=O) groups excluding carboxylic acids is 1. The first-order valence-electron chi connectivity index (χ1n) is 28.4. The molecule has 6 fully saturated rings. The van der Waals surface area contributed by atoms with E-state index in [1.165, 1.54) is 64.2 Å². The van der Waals surface area contributed by atoms with E-state index in [-0.39, 0.29) is 18.1 Å². The van der Waals surface area contributed by atoms with Crippen LogP contribution in [0.2, 0.25) is 0 Å². The molecule has 0 spiro atoms. The maximum Gasteiger partial charge on any atom is 0.303 e. The number of nitrogens with one attached hydrogen (secondary N) is 3. The van der Waals surface area contributed by atoms with E-state index in [0.29, 0.717) is 52.3 Å². The van der Waals surface area contributed by atoms with E-state index in [4.69, 9.17) is 10.8 Å². The van der Waals surface area contributed by atoms with Crippen molar-refractivity contribution in [3.05, 3.63) is 71.8 Å². The number of fused-ring (bicyclic) bond motifs is 10. The molecule has 9 nitrogen and oxygen atoms in total. The molecule has 2 aromatic carbocycles. The summed E-state index contributed by atoms with van der Waals surface area (Å²) in [7, 11) is 3.74. The minimum absolute atomic E-state index is 0.124. The largest absolute Gasteiger partial charge is 0.481 e. The number of amides is 1. The summed E-state index contributed by atoms with van der Waals surface area (Å²) in [6, 6.07) is 15.6. The summed E-state index contributed by atoms with van der Waals surface area (Å²) >= 11 is 0. The van der Waals surface area contributed by atoms with Crippen molar-refractivity contribution in [2.24, 2.45) is 80.8 Å². The first-order chi connectivity index (χ1) is 33.9. The zero-order valence-corrected chi connectivity index (χ0v) is 45.1. The Morgan fingerprint density at radius 2 is 1.06 bits per heavy atom. The van der Waals surface area contributed by atoms with Gasteiger partial charge in [-0.2, -0.15) is 0 Å². The number of hydrogen-bond acceptors (Lipinski definition) is 7. The Hall–Kier alpha value is -3.82. The second kappa shape index (κ2) is 21.9. The average molecular weight is 975 g/mol. The van der Waals surface area contributed by atoms with Crippen LogP contribution in [-0.2, 0) is 9.59 Å². The zero-order chi connectivity index (χ0) is 50.9. The van der Waals surface area contributed by atoms with Crippen LogP contribution >= 0.6 is 0 Å². The predicted molar refractivity (Wildman–Crippen MR) is 292 cm³/mol. The maximum atomic E-state index is 12.8. The van der Waals surface area contributed by atoms with Gasteiger partial charge in [0.25, 0.3) is 0 Å². The minimum Gasteiger partial charge on any atom is -0.481 e. The van der Waals surface area contributed by atoms with Gasteiger partial charge in [0.2, 0.25) is 5.91 Å². The SMILES string of the molecule is CNc1ccccc1N.CNc1ccccc1NC(=O)CC[C@@H](C)[C@H]1CC[C@H]2[C@@H]3CC=C4C[C@@H](O)CC[C@]4(C)[C@H]3CC[C@]12C.C[C@H](CCC(=O)O)[C@H]1CC[C@H]2[C@@H]3CC=C4C[C@@H](O)CC[C@]4(C)[C@H]3CC[C@]12C. The van der Waals surface area contributed by atoms with Gasteiger partial charge < -0.3 is 37.0 Å². The van der Waals surface area contributed by atoms with Crippen molar-refractivity contribution in [3.8, 4) is 0 Å². The molecule has 0 aromatic heterocycles. The van der Waals surface area contributed by atoms with Crippen LogP contribution in [0.1, 0.15) is 170 Å². The van der Waals surface area contributed by atoms with Crippen molar-refractivity contribution in [1.29, 1.82) is 0 Å². The lowest BCUT2D eigenvalue weighted by molar-refractivity contribution is -0.137. The molecule has 9 heteroatoms. The second-order valence-electron chi connectivity index (χ2n) is 25.4. The highest BCUT2D eigenvalue weighted by Crippen LogP contribution is 2.69. The van der Waals surface area contributed by atoms with Crippen molar-refractivity contribution in [3.63, 3.8) is 0 Å². The van der Waals surface area contributed by atoms with Crippen molar-refractivity contribution in [1.82, 2.24) is 0 Å². The standard InChI is InChI=1S/C31H46N2O2.C24H38O3.C7H10N2/c1-20(9-14-29(35)33-28-8-6-5-7-27(28)32-4)24-12-13-25-23-11-10-21-19-22(34)15-17-30(21,2)26(23)16-18-31(24,25)3;1-15(4-9-22(26)27)19-7-8-20-18-6-5-16-14-17(25)10-12-23(16,2)21(18)11-13-24(19,20)3;1-9-7-5-3-2-4-6(7)8/h5-8,10,20,22-26,32,34H,9,11-19H2,1-4H3,(H,33,35);5,15,17-21,25H,4,6-14H2,1-3H3,(H,26,27);2-5,9H,8H2,1H3/t20-,22+,23+,24-,25+,26+,30+,31-;15-,17+,18+,19-,20+,21+,23+,24-;/m11./s1. The first kappa shape index (κ1) is 53.5. The number of nitrogen functional groups attached to an aromatic ring is 1. The summed E-state index contributed by atoms with van der Waals surface area (Å²) < 4.78 is 0. The highest BCUT2D eigenvalue weighted by atomic mass is 16.4. The topological polar surface area (TPSA) is 157 Å². The van der Waals surface area contributed by atoms with Gasteiger partial charge >= 0.3 is 5.97 Å². The second-order valence-corrected chi connectivity index (χ2v) is 25.4. The van der Waals surface area contributed by atoms with Crippen LogP contribution in [-0.4, -0.2) is 53.5 Å². The molecule has 2 aromatic rings. The highest BCUT2D eigenvalue weighted by Gasteiger charge is 2.61. The van der Waals surface area contributed by atoms with E-state index >= 15 is 0 Å². The average Bonchev–Trinajstić information content (AvgIpc) is 3.90. The number of carboxylic acid groups (broad SMARTS) is 1. The van der Waals surface area contributed by atoms with E-state index in [1.54, 1.807) is 11.1 Å². The van der Waals surface area contributed by atoms with E-state index in [9.17, 15) is 19.8 Å². The lowest BCUT2D eigenvalue weighted by atomic mass is 9.47. The molecule has 6 saturated carbocycles. The lowest BCUT2D eigenvalue weighted by Crippen LogP contribution is -2.50. The van der Waals surface area contributed by atoms with Crippen molar-refractivity contribution in [2.45, 2.75) is 182 Å². The van der Waals surface area contributed by atoms with Crippen LogP contribution in [0.4, 0.5) is 22.7 Å². The van der Waals surface area contributed by atoms with Crippen LogP contribution in [0.25, 0.3) is 0 Å². The number of aliphatic hydroxyl groups excluding tert-OH is 2. The maximum absolute atomic E-state index is 12.8. The van der Waals surface area contributed by atoms with Crippen LogP contribution in [0, 0.1) is 80.8 Å². The summed E-state index contributed by atoms with van der Waals surface area (Å²) in [6.45, 7) is 14.8. The number of hydrogen-bond donors (Lipinski definition) is 7. The fourth-order valence-corrected chi connectivity index (χ4v) is 18.1. The molecule has 8 aliphatic rings. The van der Waals surface area contributed by atoms with Gasteiger partial charge in [0.15, 0.2) is 0 Å². The number of carboxylic acids is 1. The molecule has 71 heavy (non-hydrogen) atoms. The summed E-state index contributed by atoms with van der Waals surface area (Å²) in [5.74, 6) is 6.76. The van der Waals surface area contributed by atoms with Gasteiger partial charge in [0.1, 0.15) is 0 Å². The van der Waals surface area contributed by atoms with Gasteiger partial charge in [0.05, 0.1) is 35.0 Å². The van der Waals surface area contributed by atoms with Gasteiger partial charge in [0, 0.05) is 26.9 Å². The van der Waals surface area contributed by atoms with E-state index in [2.05, 4.69) is 69.6 Å². The van der Waals surface area contributed by atoms with Crippen LogP contribution < -0.4 is 21.7 Å². The molecule has 0 radical (unpaired) electrons. The molecule has 8 N–H and O–H groups in total. The molecule has 0 bridgehead atoms. The van der Waals surface area contributed by atoms with Gasteiger partial charge in [-0.25, -0.2) is 0 Å². The molecule has 392 valence electrons. The molecule has 0 aliphatic heterocycles. The molecule has 16 atom stereocenters. The van der Waals surface area contributed by atoms with E-state index in [1.807, 2.05) is 62.6 Å². The molecular formula is C62H94N4O5. The van der Waals surface area contributed by atoms with Gasteiger partial charge in [-0.15, -0.1) is 0 Å². The Kier molecular flexibility index (Phi) is 16.5. The molecule has 0 heterocycles. The zero-order valence-electron chi connectivity index (χ0n) is 45.1. The molecule has 8 aliphatic carbocycles. The number of rotatable bonds is 11. The quantitative estimate of drug-likeness (QED) is 0.0867. The van der Waals surface area contributed by atoms with Crippen molar-refractivity contribution >= 4 is 34.6 Å². The monoisotopic (exact) mass is 975 g/mol. The van der Waals surface area contributed by atoms with Crippen molar-refractivity contribution < 1.29 is 24.9 Å². The fraction of sp³-hybridized carbons (Fsp3) is 0.710. The number of aliphatic carboxylic acids is 1. The third-order valence-corrected chi connectivity index (χ3v) is 22.0. The summed E-state index contributed by atoms with van der Waals surface area (Å²) in [5, 5.41) is 38.8. The number of benzene rings is 2. The first-order valence-corrected chi connectivity index (χ1v) is 28.4. The third kappa shape index (κ3) is 10.6. The molecule has 1 amide bonds. The Morgan fingerprint density at radius 3 is 1.51 bits per heavy atom. The highest BCUT2D eigenvalue weighted by molar-refractivity contribution is 5.94. The third-order valence-electron chi connectivity index (χ3n) is 22.0. The smallest absolute Gasteiger partial charge is 0.303 e. The Bertz CT molecular complexity index is 2240. The van der Waals surface area contributed by atoms with Gasteiger partial charge in [-0.3, -0.25) is 9.59 Å². The molecular weight excluding hydrogens is 881 g/mol. The Morgan fingerprint density at radius 1 is 0.606 bits per heavy atom. The minimum atomic E-state index is -0.650. The number of para-hydroxylation sites is 4. The number of carbonyl (C=O) groups is 2. The fourth-order valence-electron chi connectivity index (χ4n) is 18.1. The molecule has 0 unspecified atom stereocenters. The normalized spacial score (nSPS) is 38.4. The number of aliphatic hydroxyl groups is 2. The molecule has 10 rings (SSSR count). The Balaban J connectivity index is 0.000000166. The number of allylic oxidation sites excluding steroid dienone is 2. The van der Waals surface area contributed by atoms with Crippen LogP contribution in [0.15, 0.2) is 71.8 Å². The van der Waals surface area contributed by atoms with Crippen molar-refractivity contribution in [2.75, 3.05) is 35.8 Å². The summed E-state index contributed by atoms with van der Waals surface area (Å²) in [6.07, 6.45) is 26.6. The van der Waals surface area contributed by atoms with E-state index in [0.717, 1.165) is 116 Å². The van der Waals surface area contributed by atoms with Crippen LogP contribution in [0.5, 0.6) is 0 Å². The number of anilines is 4. The Labute approximate surface area is 428 Å². The predicted octanol–water partition coefficient (Wildman–Crippen LogP) is 13.8. The molecule has 0 saturated heterocycles. The van der Waals surface area contributed by atoms with Gasteiger partial charge in [-0.1, -0.05) is 89.1 Å². The van der Waals surface area contributed by atoms with Crippen LogP contribution in [0.3, 0.4) is 0 Å². The summed E-state index contributed by atoms with van der Waals surface area (Å²) in [5.41, 5.74) is 13.7.